The highest BCUT2D eigenvalue weighted by Gasteiger charge is 2.45. The third kappa shape index (κ3) is 3.66. The van der Waals surface area contributed by atoms with Crippen molar-refractivity contribution in [2.75, 3.05) is 0 Å². The second-order valence-corrected chi connectivity index (χ2v) is 18.0. The summed E-state index contributed by atoms with van der Waals surface area (Å²) in [6.07, 6.45) is 6.55. The summed E-state index contributed by atoms with van der Waals surface area (Å²) >= 11 is 0. The van der Waals surface area contributed by atoms with Gasteiger partial charge >= 0.3 is 0 Å². The molecule has 1 heterocycles. The number of hydrogen-bond acceptors (Lipinski definition) is 1. The maximum absolute atomic E-state index is 6.32. The summed E-state index contributed by atoms with van der Waals surface area (Å²) in [5.41, 5.74) is 21.5. The number of allylic oxidation sites excluding steroid dienone is 1. The number of hydrogen-bond donors (Lipinski definition) is 0. The number of aryl methyl sites for hydroxylation is 1. The Labute approximate surface area is 317 Å². The van der Waals surface area contributed by atoms with Gasteiger partial charge in [-0.15, -0.1) is 0 Å². The molecule has 8 aromatic rings. The zero-order chi connectivity index (χ0) is 36.5. The molecule has 0 bridgehead atoms. The molecule has 0 saturated carbocycles. The number of fused-ring (bicyclic) bond motifs is 16. The Morgan fingerprint density at radius 2 is 1.04 bits per heavy atom. The first-order chi connectivity index (χ1) is 26.0. The molecule has 0 radical (unpaired) electrons. The van der Waals surface area contributed by atoms with Gasteiger partial charge in [-0.05, 0) is 148 Å². The largest absolute Gasteiger partial charge is 0.460 e. The van der Waals surface area contributed by atoms with E-state index in [0.717, 1.165) is 24.2 Å². The van der Waals surface area contributed by atoms with Crippen molar-refractivity contribution in [2.45, 2.75) is 70.6 Å². The summed E-state index contributed by atoms with van der Waals surface area (Å²) in [5.74, 6) is 1.11. The van der Waals surface area contributed by atoms with E-state index in [2.05, 4.69) is 163 Å². The quantitative estimate of drug-likeness (QED) is 0.167. The SMILES string of the molecule is CC1(C)c2cc3c(cc2-c2cc4c(cc21)-c1c(cc(-c2ccc5oc6c(c5c2)C=CCC6)c2ccccc12)C4(C)C)C(C)(C)c1ccc2ccccc2c1-3. The van der Waals surface area contributed by atoms with Gasteiger partial charge in [-0.3, -0.25) is 0 Å². The van der Waals surface area contributed by atoms with Crippen LogP contribution >= 0.6 is 0 Å². The molecule has 4 aliphatic carbocycles. The minimum Gasteiger partial charge on any atom is -0.460 e. The molecule has 7 aromatic carbocycles. The minimum atomic E-state index is -0.168. The van der Waals surface area contributed by atoms with Gasteiger partial charge in [0.2, 0.25) is 0 Å². The minimum absolute atomic E-state index is 0.0762. The molecular weight excluding hydrogens is 653 g/mol. The molecule has 260 valence electrons. The number of furan rings is 1. The molecule has 1 nitrogen and oxygen atoms in total. The molecule has 1 heteroatoms. The van der Waals surface area contributed by atoms with E-state index in [1.165, 1.54) is 110 Å². The summed E-state index contributed by atoms with van der Waals surface area (Å²) in [4.78, 5) is 0. The molecule has 54 heavy (non-hydrogen) atoms. The molecule has 1 aromatic heterocycles. The van der Waals surface area contributed by atoms with Crippen molar-refractivity contribution in [3.63, 3.8) is 0 Å². The van der Waals surface area contributed by atoms with Crippen LogP contribution in [-0.2, 0) is 22.7 Å². The second kappa shape index (κ2) is 9.90. The maximum Gasteiger partial charge on any atom is 0.134 e. The Morgan fingerprint density at radius 1 is 0.463 bits per heavy atom. The predicted octanol–water partition coefficient (Wildman–Crippen LogP) is 14.3. The Hall–Kier alpha value is -5.66. The van der Waals surface area contributed by atoms with Crippen molar-refractivity contribution >= 4 is 38.6 Å². The van der Waals surface area contributed by atoms with Crippen molar-refractivity contribution in [3.05, 3.63) is 160 Å². The normalized spacial score (nSPS) is 17.3. The predicted molar refractivity (Wildman–Crippen MR) is 227 cm³/mol. The van der Waals surface area contributed by atoms with Crippen LogP contribution in [0.25, 0.3) is 83.1 Å². The molecule has 0 N–H and O–H groups in total. The highest BCUT2D eigenvalue weighted by atomic mass is 16.3. The van der Waals surface area contributed by atoms with Crippen LogP contribution in [0.4, 0.5) is 0 Å². The van der Waals surface area contributed by atoms with E-state index in [1.807, 2.05) is 0 Å². The van der Waals surface area contributed by atoms with Crippen molar-refractivity contribution in [3.8, 4) is 44.5 Å². The van der Waals surface area contributed by atoms with E-state index < -0.39 is 0 Å². The Kier molecular flexibility index (Phi) is 5.64. The first kappa shape index (κ1) is 30.8. The number of rotatable bonds is 1. The van der Waals surface area contributed by atoms with Gasteiger partial charge in [-0.25, -0.2) is 0 Å². The molecule has 0 saturated heterocycles. The van der Waals surface area contributed by atoms with E-state index >= 15 is 0 Å². The summed E-state index contributed by atoms with van der Waals surface area (Å²) in [6.45, 7) is 14.6. The highest BCUT2D eigenvalue weighted by Crippen LogP contribution is 2.61. The smallest absolute Gasteiger partial charge is 0.134 e. The van der Waals surface area contributed by atoms with Gasteiger partial charge in [0.15, 0.2) is 0 Å². The fraction of sp³-hybridized carbons (Fsp3) is 0.208. The van der Waals surface area contributed by atoms with Crippen LogP contribution in [0.3, 0.4) is 0 Å². The van der Waals surface area contributed by atoms with E-state index in [0.29, 0.717) is 0 Å². The van der Waals surface area contributed by atoms with Gasteiger partial charge < -0.3 is 4.42 Å². The van der Waals surface area contributed by atoms with Gasteiger partial charge in [0.05, 0.1) is 0 Å². The fourth-order valence-corrected chi connectivity index (χ4v) is 11.2. The molecule has 0 atom stereocenters. The van der Waals surface area contributed by atoms with Gasteiger partial charge in [0.25, 0.3) is 0 Å². The van der Waals surface area contributed by atoms with Crippen LogP contribution in [0.15, 0.2) is 120 Å². The van der Waals surface area contributed by atoms with Crippen LogP contribution in [0.1, 0.15) is 92.7 Å². The molecule has 0 aliphatic heterocycles. The monoisotopic (exact) mass is 694 g/mol. The van der Waals surface area contributed by atoms with Crippen molar-refractivity contribution < 1.29 is 4.42 Å². The van der Waals surface area contributed by atoms with Crippen LogP contribution in [0.5, 0.6) is 0 Å². The number of benzene rings is 7. The topological polar surface area (TPSA) is 13.1 Å². The first-order valence-electron chi connectivity index (χ1n) is 19.7. The van der Waals surface area contributed by atoms with E-state index in [1.54, 1.807) is 0 Å². The van der Waals surface area contributed by atoms with Gasteiger partial charge in [-0.1, -0.05) is 120 Å². The Bertz CT molecular complexity index is 3060. The average molecular weight is 695 g/mol. The second-order valence-electron chi connectivity index (χ2n) is 18.0. The van der Waals surface area contributed by atoms with Gasteiger partial charge in [0, 0.05) is 33.6 Å². The summed E-state index contributed by atoms with van der Waals surface area (Å²) in [5, 5.41) is 6.53. The lowest BCUT2D eigenvalue weighted by Crippen LogP contribution is -2.17. The Balaban J connectivity index is 1.06. The summed E-state index contributed by atoms with van der Waals surface area (Å²) in [7, 11) is 0. The van der Waals surface area contributed by atoms with Gasteiger partial charge in [-0.2, -0.15) is 0 Å². The highest BCUT2D eigenvalue weighted by molar-refractivity contribution is 6.11. The zero-order valence-electron chi connectivity index (χ0n) is 31.9. The molecule has 0 spiro atoms. The third-order valence-electron chi connectivity index (χ3n) is 14.1. The van der Waals surface area contributed by atoms with Crippen molar-refractivity contribution in [1.82, 2.24) is 0 Å². The summed E-state index contributed by atoms with van der Waals surface area (Å²) < 4.78 is 6.32. The van der Waals surface area contributed by atoms with E-state index in [4.69, 9.17) is 4.42 Å². The standard InChI is InChI=1S/C53H42O/c1-51(2)41-21-19-29-13-7-8-14-31(29)49(41)39-27-42-36(25-44(39)51)37-26-45-40(28-43(37)52(42,3)4)50-34-17-10-9-15-32(34)35(24-46(50)53(45,5)6)30-20-22-48-38(23-30)33-16-11-12-18-47(33)54-48/h7-11,13-17,19-28H,12,18H2,1-6H3. The van der Waals surface area contributed by atoms with Crippen LogP contribution in [0, 0.1) is 0 Å². The van der Waals surface area contributed by atoms with Crippen LogP contribution < -0.4 is 0 Å². The van der Waals surface area contributed by atoms with Crippen molar-refractivity contribution in [1.29, 1.82) is 0 Å². The molecule has 12 rings (SSSR count). The Morgan fingerprint density at radius 3 is 1.78 bits per heavy atom. The van der Waals surface area contributed by atoms with E-state index in [-0.39, 0.29) is 16.2 Å². The van der Waals surface area contributed by atoms with Crippen molar-refractivity contribution in [2.24, 2.45) is 0 Å². The zero-order valence-corrected chi connectivity index (χ0v) is 31.9. The maximum atomic E-state index is 6.32. The lowest BCUT2D eigenvalue weighted by atomic mass is 9.78. The molecular formula is C53H42O. The van der Waals surface area contributed by atoms with E-state index in [9.17, 15) is 0 Å². The lowest BCUT2D eigenvalue weighted by molar-refractivity contribution is 0.546. The average Bonchev–Trinajstić information content (AvgIpc) is 3.81. The summed E-state index contributed by atoms with van der Waals surface area (Å²) in [6, 6.07) is 42.3. The fourth-order valence-electron chi connectivity index (χ4n) is 11.2. The van der Waals surface area contributed by atoms with Gasteiger partial charge in [0.1, 0.15) is 11.3 Å². The molecule has 0 amide bonds. The third-order valence-corrected chi connectivity index (χ3v) is 14.1. The molecule has 0 fully saturated rings. The first-order valence-corrected chi connectivity index (χ1v) is 19.7. The molecule has 0 unspecified atom stereocenters. The lowest BCUT2D eigenvalue weighted by Gasteiger charge is -2.25. The van der Waals surface area contributed by atoms with Crippen LogP contribution in [0.2, 0.25) is 0 Å². The molecule has 4 aliphatic rings. The van der Waals surface area contributed by atoms with Crippen LogP contribution in [-0.4, -0.2) is 0 Å².